The number of aryl methyl sites for hydroxylation is 2. The lowest BCUT2D eigenvalue weighted by Gasteiger charge is -2.11. The van der Waals surface area contributed by atoms with Crippen LogP contribution in [0, 0.1) is 12.3 Å². The number of esters is 1. The summed E-state index contributed by atoms with van der Waals surface area (Å²) < 4.78 is 8.37. The molecular weight excluding hydrogens is 442 g/mol. The van der Waals surface area contributed by atoms with E-state index in [1.807, 2.05) is 24.3 Å². The molecule has 1 aliphatic rings. The zero-order chi connectivity index (χ0) is 22.7. The molecule has 0 bridgehead atoms. The summed E-state index contributed by atoms with van der Waals surface area (Å²) in [6.45, 7) is 1.77. The van der Waals surface area contributed by atoms with Crippen LogP contribution in [0.1, 0.15) is 49.1 Å². The smallest absolute Gasteiger partial charge is 0.355 e. The summed E-state index contributed by atoms with van der Waals surface area (Å²) in [5, 5.41) is 11.9. The van der Waals surface area contributed by atoms with Crippen LogP contribution in [0.5, 0.6) is 0 Å². The Morgan fingerprint density at radius 3 is 2.30 bits per heavy atom. The van der Waals surface area contributed by atoms with E-state index in [9.17, 15) is 9.59 Å². The number of nitrogens with one attached hydrogen (secondary N) is 1. The second-order valence-corrected chi connectivity index (χ2v) is 8.10. The van der Waals surface area contributed by atoms with Crippen molar-refractivity contribution in [2.24, 2.45) is 5.73 Å². The molecule has 0 spiro atoms. The number of rotatable bonds is 7. The van der Waals surface area contributed by atoms with Gasteiger partial charge in [0, 0.05) is 12.0 Å². The van der Waals surface area contributed by atoms with Gasteiger partial charge in [-0.3, -0.25) is 10.2 Å². The number of nitrogen functional groups attached to an aromatic ring is 1. The van der Waals surface area contributed by atoms with Gasteiger partial charge < -0.3 is 10.5 Å². The fourth-order valence-corrected chi connectivity index (χ4v) is 4.02. The minimum absolute atomic E-state index is 0. The third-order valence-electron chi connectivity index (χ3n) is 5.78. The molecule has 0 radical (unpaired) electrons. The molecule has 0 aliphatic heterocycles. The van der Waals surface area contributed by atoms with Gasteiger partial charge in [-0.2, -0.15) is 4.68 Å². The van der Waals surface area contributed by atoms with Gasteiger partial charge in [0.2, 0.25) is 0 Å². The van der Waals surface area contributed by atoms with Crippen LogP contribution in [-0.2, 0) is 16.0 Å². The highest BCUT2D eigenvalue weighted by Crippen LogP contribution is 2.21. The van der Waals surface area contributed by atoms with Gasteiger partial charge in [0.1, 0.15) is 17.8 Å². The van der Waals surface area contributed by atoms with Gasteiger partial charge in [-0.05, 0) is 81.0 Å². The van der Waals surface area contributed by atoms with Crippen molar-refractivity contribution in [3.63, 3.8) is 0 Å². The highest BCUT2D eigenvalue weighted by atomic mass is 35.5. The molecule has 0 atom stereocenters. The second kappa shape index (κ2) is 10.5. The van der Waals surface area contributed by atoms with Crippen molar-refractivity contribution in [3.8, 4) is 11.4 Å². The standard InChI is InChI=1S/C24H27N5O3.ClH/c1-16-27-29(20-13-9-18(10-14-20)23(25)26)24(31)28(16)19-11-6-17(7-12-19)8-15-22(30)32-21-4-2-3-5-21;/h6-7,9-14,21H,2-5,8,15H2,1H3,(H3,25,26);1H. The van der Waals surface area contributed by atoms with Gasteiger partial charge in [-0.25, -0.2) is 9.36 Å². The molecule has 9 heteroatoms. The summed E-state index contributed by atoms with van der Waals surface area (Å²) in [6.07, 6.45) is 5.27. The van der Waals surface area contributed by atoms with E-state index in [0.717, 1.165) is 31.2 Å². The van der Waals surface area contributed by atoms with E-state index in [-0.39, 0.29) is 36.0 Å². The van der Waals surface area contributed by atoms with E-state index in [2.05, 4.69) is 5.10 Å². The van der Waals surface area contributed by atoms with Crippen molar-refractivity contribution in [1.82, 2.24) is 14.3 Å². The average Bonchev–Trinajstić information content (AvgIpc) is 3.40. The molecule has 1 fully saturated rings. The Balaban J connectivity index is 0.00000306. The number of aromatic nitrogens is 3. The van der Waals surface area contributed by atoms with Crippen LogP contribution in [0.3, 0.4) is 0 Å². The van der Waals surface area contributed by atoms with Gasteiger partial charge in [0.15, 0.2) is 0 Å². The van der Waals surface area contributed by atoms with E-state index in [4.69, 9.17) is 15.9 Å². The fourth-order valence-electron chi connectivity index (χ4n) is 4.02. The van der Waals surface area contributed by atoms with Crippen molar-refractivity contribution in [2.75, 3.05) is 0 Å². The minimum atomic E-state index is -0.286. The largest absolute Gasteiger partial charge is 0.462 e. The number of carbonyl (C=O) groups is 1. The van der Waals surface area contributed by atoms with Gasteiger partial charge >= 0.3 is 11.7 Å². The topological polar surface area (TPSA) is 116 Å². The first-order chi connectivity index (χ1) is 15.4. The molecule has 4 rings (SSSR count). The Morgan fingerprint density at radius 1 is 1.09 bits per heavy atom. The Hall–Kier alpha value is -3.39. The van der Waals surface area contributed by atoms with E-state index in [0.29, 0.717) is 35.6 Å². The first-order valence-electron chi connectivity index (χ1n) is 10.8. The van der Waals surface area contributed by atoms with Gasteiger partial charge in [0.05, 0.1) is 11.4 Å². The molecule has 0 unspecified atom stereocenters. The summed E-state index contributed by atoms with van der Waals surface area (Å²) >= 11 is 0. The molecule has 1 saturated carbocycles. The molecular formula is C24H28ClN5O3. The Morgan fingerprint density at radius 2 is 1.70 bits per heavy atom. The number of ether oxygens (including phenoxy) is 1. The number of halogens is 1. The first kappa shape index (κ1) is 24.3. The monoisotopic (exact) mass is 469 g/mol. The zero-order valence-electron chi connectivity index (χ0n) is 18.5. The molecule has 33 heavy (non-hydrogen) atoms. The molecule has 1 aromatic heterocycles. The number of amidine groups is 1. The number of benzene rings is 2. The SMILES string of the molecule is Cc1nn(-c2ccc(C(=N)N)cc2)c(=O)n1-c1ccc(CCC(=O)OC2CCCC2)cc1.Cl. The van der Waals surface area contributed by atoms with E-state index in [1.165, 1.54) is 9.25 Å². The van der Waals surface area contributed by atoms with E-state index >= 15 is 0 Å². The lowest BCUT2D eigenvalue weighted by molar-refractivity contribution is -0.148. The van der Waals surface area contributed by atoms with Crippen LogP contribution in [-0.4, -0.2) is 32.3 Å². The average molecular weight is 470 g/mol. The highest BCUT2D eigenvalue weighted by Gasteiger charge is 2.19. The fraction of sp³-hybridized carbons (Fsp3) is 0.333. The zero-order valence-corrected chi connectivity index (χ0v) is 19.3. The van der Waals surface area contributed by atoms with Crippen LogP contribution in [0.15, 0.2) is 53.3 Å². The highest BCUT2D eigenvalue weighted by molar-refractivity contribution is 5.95. The third kappa shape index (κ3) is 5.51. The van der Waals surface area contributed by atoms with Crippen molar-refractivity contribution >= 4 is 24.2 Å². The summed E-state index contributed by atoms with van der Waals surface area (Å²) in [7, 11) is 0. The van der Waals surface area contributed by atoms with Crippen molar-refractivity contribution in [1.29, 1.82) is 5.41 Å². The molecule has 8 nitrogen and oxygen atoms in total. The molecule has 3 aromatic rings. The van der Waals surface area contributed by atoms with E-state index in [1.54, 1.807) is 31.2 Å². The lowest BCUT2D eigenvalue weighted by atomic mass is 10.1. The minimum Gasteiger partial charge on any atom is -0.462 e. The number of nitrogens with two attached hydrogens (primary N) is 1. The first-order valence-corrected chi connectivity index (χ1v) is 10.8. The summed E-state index contributed by atoms with van der Waals surface area (Å²) in [4.78, 5) is 25.1. The predicted molar refractivity (Wildman–Crippen MR) is 129 cm³/mol. The van der Waals surface area contributed by atoms with E-state index < -0.39 is 0 Å². The maximum atomic E-state index is 13.0. The molecule has 3 N–H and O–H groups in total. The Bertz CT molecular complexity index is 1180. The Labute approximate surface area is 198 Å². The molecule has 1 aliphatic carbocycles. The third-order valence-corrected chi connectivity index (χ3v) is 5.78. The summed E-state index contributed by atoms with van der Waals surface area (Å²) in [6, 6.07) is 14.3. The van der Waals surface area contributed by atoms with Crippen LogP contribution < -0.4 is 11.4 Å². The van der Waals surface area contributed by atoms with Crippen LogP contribution in [0.2, 0.25) is 0 Å². The van der Waals surface area contributed by atoms with Gasteiger partial charge in [-0.1, -0.05) is 12.1 Å². The lowest BCUT2D eigenvalue weighted by Crippen LogP contribution is -2.23. The molecule has 2 aromatic carbocycles. The number of hydrogen-bond donors (Lipinski definition) is 2. The van der Waals surface area contributed by atoms with Crippen LogP contribution in [0.4, 0.5) is 0 Å². The van der Waals surface area contributed by atoms with Gasteiger partial charge in [-0.15, -0.1) is 17.5 Å². The molecule has 0 amide bonds. The van der Waals surface area contributed by atoms with Crippen molar-refractivity contribution in [3.05, 3.63) is 76.0 Å². The molecule has 0 saturated heterocycles. The maximum Gasteiger partial charge on any atom is 0.355 e. The van der Waals surface area contributed by atoms with Crippen molar-refractivity contribution in [2.45, 2.75) is 51.6 Å². The number of hydrogen-bond acceptors (Lipinski definition) is 5. The van der Waals surface area contributed by atoms with Gasteiger partial charge in [0.25, 0.3) is 0 Å². The summed E-state index contributed by atoms with van der Waals surface area (Å²) in [5.74, 6) is 0.376. The summed E-state index contributed by atoms with van der Waals surface area (Å²) in [5.41, 5.74) is 8.10. The van der Waals surface area contributed by atoms with Crippen LogP contribution in [0.25, 0.3) is 11.4 Å². The number of nitrogens with zero attached hydrogens (tertiary/aromatic N) is 3. The second-order valence-electron chi connectivity index (χ2n) is 8.10. The normalized spacial score (nSPS) is 13.5. The molecule has 174 valence electrons. The van der Waals surface area contributed by atoms with Crippen molar-refractivity contribution < 1.29 is 9.53 Å². The van der Waals surface area contributed by atoms with Crippen LogP contribution >= 0.6 is 12.4 Å². The maximum absolute atomic E-state index is 13.0. The predicted octanol–water partition coefficient (Wildman–Crippen LogP) is 3.46. The quantitative estimate of drug-likeness (QED) is 0.312. The Kier molecular flexibility index (Phi) is 7.71. The number of carbonyl (C=O) groups excluding carboxylic acids is 1. The molecule has 1 heterocycles.